The number of ether oxygens (including phenoxy) is 1. The van der Waals surface area contributed by atoms with E-state index in [4.69, 9.17) is 16.3 Å². The van der Waals surface area contributed by atoms with Gasteiger partial charge in [-0.15, -0.1) is 0 Å². The van der Waals surface area contributed by atoms with Gasteiger partial charge in [0.25, 0.3) is 0 Å². The monoisotopic (exact) mass is 307 g/mol. The second kappa shape index (κ2) is 6.96. The van der Waals surface area contributed by atoms with Gasteiger partial charge in [0, 0.05) is 18.6 Å². The third kappa shape index (κ3) is 4.48. The SMILES string of the molecule is CC(C)NCc1ccc(Oc2cnn(C(C)C)c2)c(Cl)c1. The van der Waals surface area contributed by atoms with E-state index in [1.54, 1.807) is 6.20 Å². The third-order valence-corrected chi connectivity index (χ3v) is 3.34. The van der Waals surface area contributed by atoms with Gasteiger partial charge in [-0.05, 0) is 31.5 Å². The van der Waals surface area contributed by atoms with Crippen molar-refractivity contribution in [2.75, 3.05) is 0 Å². The molecule has 0 aliphatic rings. The summed E-state index contributed by atoms with van der Waals surface area (Å²) in [5.74, 6) is 1.34. The summed E-state index contributed by atoms with van der Waals surface area (Å²) in [5, 5.41) is 8.21. The minimum atomic E-state index is 0.308. The van der Waals surface area contributed by atoms with E-state index < -0.39 is 0 Å². The molecule has 0 saturated heterocycles. The van der Waals surface area contributed by atoms with Crippen molar-refractivity contribution >= 4 is 11.6 Å². The quantitative estimate of drug-likeness (QED) is 0.859. The van der Waals surface area contributed by atoms with Gasteiger partial charge >= 0.3 is 0 Å². The average Bonchev–Trinajstić information content (AvgIpc) is 2.88. The van der Waals surface area contributed by atoms with Gasteiger partial charge in [-0.1, -0.05) is 31.5 Å². The molecule has 0 aliphatic heterocycles. The normalized spacial score (nSPS) is 11.4. The summed E-state index contributed by atoms with van der Waals surface area (Å²) in [6.07, 6.45) is 3.57. The van der Waals surface area contributed by atoms with E-state index in [1.807, 2.05) is 29.1 Å². The molecule has 0 spiro atoms. The summed E-state index contributed by atoms with van der Waals surface area (Å²) in [6.45, 7) is 9.17. The van der Waals surface area contributed by atoms with Crippen molar-refractivity contribution in [3.63, 3.8) is 0 Å². The van der Waals surface area contributed by atoms with E-state index >= 15 is 0 Å². The molecule has 1 heterocycles. The van der Waals surface area contributed by atoms with Crippen LogP contribution in [0.25, 0.3) is 0 Å². The van der Waals surface area contributed by atoms with E-state index in [1.165, 1.54) is 0 Å². The molecule has 2 aromatic rings. The minimum absolute atomic E-state index is 0.308. The first-order chi connectivity index (χ1) is 9.95. The Balaban J connectivity index is 2.06. The molecular formula is C16H22ClN3O. The predicted molar refractivity (Wildman–Crippen MR) is 86.1 cm³/mol. The number of aromatic nitrogens is 2. The Morgan fingerprint density at radius 3 is 2.62 bits per heavy atom. The Morgan fingerprint density at radius 1 is 1.29 bits per heavy atom. The molecule has 4 nitrogen and oxygen atoms in total. The van der Waals surface area contributed by atoms with Gasteiger partial charge in [0.15, 0.2) is 5.75 Å². The van der Waals surface area contributed by atoms with Crippen LogP contribution in [-0.2, 0) is 6.54 Å². The summed E-state index contributed by atoms with van der Waals surface area (Å²) >= 11 is 6.28. The molecule has 5 heteroatoms. The number of nitrogens with one attached hydrogen (secondary N) is 1. The standard InChI is InChI=1S/C16H22ClN3O/c1-11(2)18-8-13-5-6-16(15(17)7-13)21-14-9-19-20(10-14)12(3)4/h5-7,9-12,18H,8H2,1-4H3. The fourth-order valence-corrected chi connectivity index (χ4v) is 2.08. The molecule has 21 heavy (non-hydrogen) atoms. The number of rotatable bonds is 6. The number of hydrogen-bond donors (Lipinski definition) is 1. The summed E-state index contributed by atoms with van der Waals surface area (Å²) in [5.41, 5.74) is 1.14. The Labute approximate surface area is 131 Å². The number of benzene rings is 1. The van der Waals surface area contributed by atoms with Crippen LogP contribution in [0, 0.1) is 0 Å². The van der Waals surface area contributed by atoms with Gasteiger partial charge < -0.3 is 10.1 Å². The fraction of sp³-hybridized carbons (Fsp3) is 0.438. The van der Waals surface area contributed by atoms with E-state index in [9.17, 15) is 0 Å². The van der Waals surface area contributed by atoms with Crippen LogP contribution in [0.1, 0.15) is 39.3 Å². The summed E-state index contributed by atoms with van der Waals surface area (Å²) in [4.78, 5) is 0. The highest BCUT2D eigenvalue weighted by atomic mass is 35.5. The first kappa shape index (κ1) is 15.9. The molecule has 0 saturated carbocycles. The minimum Gasteiger partial charge on any atom is -0.452 e. The zero-order chi connectivity index (χ0) is 15.4. The Kier molecular flexibility index (Phi) is 5.26. The van der Waals surface area contributed by atoms with Crippen molar-refractivity contribution in [2.24, 2.45) is 0 Å². The topological polar surface area (TPSA) is 39.1 Å². The third-order valence-electron chi connectivity index (χ3n) is 3.05. The Morgan fingerprint density at radius 2 is 2.05 bits per heavy atom. The van der Waals surface area contributed by atoms with Crippen LogP contribution in [0.3, 0.4) is 0 Å². The van der Waals surface area contributed by atoms with Gasteiger partial charge in [0.2, 0.25) is 0 Å². The lowest BCUT2D eigenvalue weighted by molar-refractivity contribution is 0.477. The maximum absolute atomic E-state index is 6.28. The smallest absolute Gasteiger partial charge is 0.165 e. The molecule has 0 radical (unpaired) electrons. The molecule has 1 aromatic carbocycles. The van der Waals surface area contributed by atoms with Gasteiger partial charge in [0.05, 0.1) is 17.4 Å². The van der Waals surface area contributed by atoms with Crippen molar-refractivity contribution in [3.05, 3.63) is 41.2 Å². The van der Waals surface area contributed by atoms with Crippen molar-refractivity contribution in [3.8, 4) is 11.5 Å². The van der Waals surface area contributed by atoms with Crippen molar-refractivity contribution < 1.29 is 4.74 Å². The summed E-state index contributed by atoms with van der Waals surface area (Å²) in [7, 11) is 0. The molecule has 0 amide bonds. The predicted octanol–water partition coefficient (Wildman–Crippen LogP) is 4.41. The fourth-order valence-electron chi connectivity index (χ4n) is 1.84. The highest BCUT2D eigenvalue weighted by molar-refractivity contribution is 6.32. The Hall–Kier alpha value is -1.52. The van der Waals surface area contributed by atoms with Crippen molar-refractivity contribution in [1.29, 1.82) is 0 Å². The van der Waals surface area contributed by atoms with Gasteiger partial charge in [-0.3, -0.25) is 4.68 Å². The lowest BCUT2D eigenvalue weighted by atomic mass is 10.2. The molecular weight excluding hydrogens is 286 g/mol. The highest BCUT2D eigenvalue weighted by Gasteiger charge is 2.08. The lowest BCUT2D eigenvalue weighted by Crippen LogP contribution is -2.21. The van der Waals surface area contributed by atoms with Crippen LogP contribution in [0.2, 0.25) is 5.02 Å². The van der Waals surface area contributed by atoms with Gasteiger partial charge in [0.1, 0.15) is 5.75 Å². The maximum atomic E-state index is 6.28. The summed E-state index contributed by atoms with van der Waals surface area (Å²) < 4.78 is 7.64. The maximum Gasteiger partial charge on any atom is 0.165 e. The molecule has 0 fully saturated rings. The van der Waals surface area contributed by atoms with Crippen LogP contribution in [-0.4, -0.2) is 15.8 Å². The molecule has 0 bridgehead atoms. The molecule has 0 aliphatic carbocycles. The second-order valence-electron chi connectivity index (χ2n) is 5.65. The van der Waals surface area contributed by atoms with Crippen LogP contribution in [0.5, 0.6) is 11.5 Å². The van der Waals surface area contributed by atoms with Crippen LogP contribution < -0.4 is 10.1 Å². The molecule has 0 atom stereocenters. The number of nitrogens with zero attached hydrogens (tertiary/aromatic N) is 2. The van der Waals surface area contributed by atoms with Crippen LogP contribution >= 0.6 is 11.6 Å². The zero-order valence-corrected chi connectivity index (χ0v) is 13.7. The van der Waals surface area contributed by atoms with Gasteiger partial charge in [-0.25, -0.2) is 0 Å². The molecule has 114 valence electrons. The molecule has 2 rings (SSSR count). The zero-order valence-electron chi connectivity index (χ0n) is 12.9. The van der Waals surface area contributed by atoms with Gasteiger partial charge in [-0.2, -0.15) is 5.10 Å². The second-order valence-corrected chi connectivity index (χ2v) is 6.06. The molecule has 0 unspecified atom stereocenters. The van der Waals surface area contributed by atoms with Crippen molar-refractivity contribution in [1.82, 2.24) is 15.1 Å². The average molecular weight is 308 g/mol. The summed E-state index contributed by atoms with van der Waals surface area (Å²) in [6, 6.07) is 6.60. The number of hydrogen-bond acceptors (Lipinski definition) is 3. The van der Waals surface area contributed by atoms with E-state index in [0.29, 0.717) is 28.6 Å². The first-order valence-electron chi connectivity index (χ1n) is 7.19. The van der Waals surface area contributed by atoms with Crippen molar-refractivity contribution in [2.45, 2.75) is 46.3 Å². The Bertz CT molecular complexity index is 593. The molecule has 1 aromatic heterocycles. The van der Waals surface area contributed by atoms with Crippen LogP contribution in [0.15, 0.2) is 30.6 Å². The lowest BCUT2D eigenvalue weighted by Gasteiger charge is -2.10. The first-order valence-corrected chi connectivity index (χ1v) is 7.57. The molecule has 1 N–H and O–H groups in total. The highest BCUT2D eigenvalue weighted by Crippen LogP contribution is 2.30. The largest absolute Gasteiger partial charge is 0.452 e. The van der Waals surface area contributed by atoms with Crippen LogP contribution in [0.4, 0.5) is 0 Å². The van der Waals surface area contributed by atoms with E-state index in [0.717, 1.165) is 12.1 Å². The number of halogens is 1. The van der Waals surface area contributed by atoms with E-state index in [-0.39, 0.29) is 0 Å². The van der Waals surface area contributed by atoms with E-state index in [2.05, 4.69) is 38.1 Å².